The third kappa shape index (κ3) is 5.38. The van der Waals surface area contributed by atoms with Gasteiger partial charge < -0.3 is 10.1 Å². The molecular weight excluding hydrogens is 246 g/mol. The lowest BCUT2D eigenvalue weighted by Gasteiger charge is -2.21. The van der Waals surface area contributed by atoms with E-state index in [1.165, 1.54) is 11.1 Å². The predicted octanol–water partition coefficient (Wildman–Crippen LogP) is 4.23. The molecule has 0 spiro atoms. The van der Waals surface area contributed by atoms with Crippen molar-refractivity contribution in [1.82, 2.24) is 5.32 Å². The summed E-state index contributed by atoms with van der Waals surface area (Å²) in [5.74, 6) is 0.948. The van der Waals surface area contributed by atoms with Gasteiger partial charge in [0.2, 0.25) is 0 Å². The van der Waals surface area contributed by atoms with Gasteiger partial charge in [0.05, 0.1) is 0 Å². The second-order valence-corrected chi connectivity index (χ2v) is 6.80. The molecule has 1 aromatic carbocycles. The van der Waals surface area contributed by atoms with Crippen molar-refractivity contribution in [3.63, 3.8) is 0 Å². The van der Waals surface area contributed by atoms with E-state index in [2.05, 4.69) is 71.6 Å². The number of hydrogen-bond acceptors (Lipinski definition) is 2. The summed E-state index contributed by atoms with van der Waals surface area (Å²) in [7, 11) is 0. The van der Waals surface area contributed by atoms with Crippen LogP contribution in [0.2, 0.25) is 0 Å². The van der Waals surface area contributed by atoms with E-state index in [0.29, 0.717) is 12.6 Å². The highest BCUT2D eigenvalue weighted by molar-refractivity contribution is 5.38. The molecule has 0 aliphatic carbocycles. The Balaban J connectivity index is 2.59. The first-order chi connectivity index (χ1) is 9.20. The van der Waals surface area contributed by atoms with Crippen molar-refractivity contribution < 1.29 is 4.74 Å². The molecule has 0 aliphatic heterocycles. The van der Waals surface area contributed by atoms with Gasteiger partial charge in [0.25, 0.3) is 0 Å². The Hall–Kier alpha value is -1.28. The number of ether oxygens (including phenoxy) is 1. The van der Waals surface area contributed by atoms with Crippen LogP contribution in [0.4, 0.5) is 0 Å². The number of rotatable bonds is 6. The summed E-state index contributed by atoms with van der Waals surface area (Å²) < 4.78 is 5.86. The average molecular weight is 275 g/mol. The molecule has 2 heteroatoms. The minimum absolute atomic E-state index is 0.175. The molecule has 0 bridgehead atoms. The van der Waals surface area contributed by atoms with Gasteiger partial charge in [-0.15, -0.1) is 0 Å². The van der Waals surface area contributed by atoms with Crippen molar-refractivity contribution in [3.8, 4) is 5.75 Å². The van der Waals surface area contributed by atoms with Crippen LogP contribution in [0.15, 0.2) is 30.4 Å². The van der Waals surface area contributed by atoms with Crippen molar-refractivity contribution in [2.24, 2.45) is 0 Å². The molecule has 1 N–H and O–H groups in total. The molecule has 112 valence electrons. The Bertz CT molecular complexity index is 455. The molecule has 0 heterocycles. The Morgan fingerprint density at radius 3 is 2.45 bits per heavy atom. The summed E-state index contributed by atoms with van der Waals surface area (Å²) >= 11 is 0. The standard InChI is InChI=1S/C18H29NO/c1-13(2)19-11-14(3)12-20-17-9-8-16(10-15(17)4)18(5,6)7/h8-10,13,19H,3,11-12H2,1-2,4-7H3. The van der Waals surface area contributed by atoms with Crippen LogP contribution in [0.3, 0.4) is 0 Å². The van der Waals surface area contributed by atoms with Gasteiger partial charge in [-0.2, -0.15) is 0 Å². The van der Waals surface area contributed by atoms with Crippen LogP contribution >= 0.6 is 0 Å². The summed E-state index contributed by atoms with van der Waals surface area (Å²) in [6.45, 7) is 18.4. The first kappa shape index (κ1) is 16.8. The zero-order chi connectivity index (χ0) is 15.3. The number of benzene rings is 1. The van der Waals surface area contributed by atoms with E-state index in [-0.39, 0.29) is 5.41 Å². The molecule has 0 amide bonds. The normalized spacial score (nSPS) is 11.8. The van der Waals surface area contributed by atoms with E-state index in [1.54, 1.807) is 0 Å². The molecule has 0 radical (unpaired) electrons. The fourth-order valence-electron chi connectivity index (χ4n) is 1.86. The molecule has 0 saturated carbocycles. The molecule has 20 heavy (non-hydrogen) atoms. The molecule has 0 aromatic heterocycles. The van der Waals surface area contributed by atoms with Gasteiger partial charge in [-0.3, -0.25) is 0 Å². The molecule has 0 atom stereocenters. The van der Waals surface area contributed by atoms with Crippen molar-refractivity contribution in [2.45, 2.75) is 53.0 Å². The van der Waals surface area contributed by atoms with Crippen LogP contribution in [-0.2, 0) is 5.41 Å². The van der Waals surface area contributed by atoms with E-state index in [1.807, 2.05) is 0 Å². The fraction of sp³-hybridized carbons (Fsp3) is 0.556. The van der Waals surface area contributed by atoms with Crippen molar-refractivity contribution in [2.75, 3.05) is 13.2 Å². The number of nitrogens with one attached hydrogen (secondary N) is 1. The lowest BCUT2D eigenvalue weighted by atomic mass is 9.86. The minimum Gasteiger partial charge on any atom is -0.489 e. The van der Waals surface area contributed by atoms with Crippen LogP contribution in [0.5, 0.6) is 5.75 Å². The van der Waals surface area contributed by atoms with E-state index in [9.17, 15) is 0 Å². The Kier molecular flexibility index (Phi) is 5.82. The largest absolute Gasteiger partial charge is 0.489 e. The van der Waals surface area contributed by atoms with Crippen molar-refractivity contribution in [1.29, 1.82) is 0 Å². The maximum absolute atomic E-state index is 5.86. The van der Waals surface area contributed by atoms with Crippen LogP contribution < -0.4 is 10.1 Å². The van der Waals surface area contributed by atoms with Gasteiger partial charge >= 0.3 is 0 Å². The third-order valence-electron chi connectivity index (χ3n) is 3.23. The quantitative estimate of drug-likeness (QED) is 0.785. The molecule has 2 nitrogen and oxygen atoms in total. The smallest absolute Gasteiger partial charge is 0.122 e. The second kappa shape index (κ2) is 6.94. The van der Waals surface area contributed by atoms with Gasteiger partial charge in [0.15, 0.2) is 0 Å². The van der Waals surface area contributed by atoms with Crippen LogP contribution in [0.25, 0.3) is 0 Å². The molecular formula is C18H29NO. The van der Waals surface area contributed by atoms with Crippen molar-refractivity contribution in [3.05, 3.63) is 41.5 Å². The molecule has 0 unspecified atom stereocenters. The minimum atomic E-state index is 0.175. The summed E-state index contributed by atoms with van der Waals surface area (Å²) in [5, 5.41) is 3.35. The predicted molar refractivity (Wildman–Crippen MR) is 87.7 cm³/mol. The van der Waals surface area contributed by atoms with Crippen LogP contribution in [0.1, 0.15) is 45.7 Å². The SMILES string of the molecule is C=C(CNC(C)C)COc1ccc(C(C)(C)C)cc1C. The molecule has 0 fully saturated rings. The zero-order valence-electron chi connectivity index (χ0n) is 13.8. The van der Waals surface area contributed by atoms with E-state index in [0.717, 1.165) is 17.9 Å². The Morgan fingerprint density at radius 2 is 1.95 bits per heavy atom. The maximum atomic E-state index is 5.86. The second-order valence-electron chi connectivity index (χ2n) is 6.80. The molecule has 0 saturated heterocycles. The third-order valence-corrected chi connectivity index (χ3v) is 3.23. The van der Waals surface area contributed by atoms with Gasteiger partial charge in [-0.25, -0.2) is 0 Å². The fourth-order valence-corrected chi connectivity index (χ4v) is 1.86. The molecule has 0 aliphatic rings. The average Bonchev–Trinajstić information content (AvgIpc) is 2.33. The van der Waals surface area contributed by atoms with Gasteiger partial charge in [-0.1, -0.05) is 53.3 Å². The van der Waals surface area contributed by atoms with E-state index < -0.39 is 0 Å². The Labute approximate surface area is 124 Å². The zero-order valence-corrected chi connectivity index (χ0v) is 13.8. The first-order valence-corrected chi connectivity index (χ1v) is 7.34. The number of hydrogen-bond donors (Lipinski definition) is 1. The topological polar surface area (TPSA) is 21.3 Å². The van der Waals surface area contributed by atoms with E-state index in [4.69, 9.17) is 4.74 Å². The lowest BCUT2D eigenvalue weighted by Crippen LogP contribution is -2.26. The number of aryl methyl sites for hydroxylation is 1. The first-order valence-electron chi connectivity index (χ1n) is 7.34. The summed E-state index contributed by atoms with van der Waals surface area (Å²) in [5.41, 5.74) is 3.76. The summed E-state index contributed by atoms with van der Waals surface area (Å²) in [6.07, 6.45) is 0. The maximum Gasteiger partial charge on any atom is 0.122 e. The highest BCUT2D eigenvalue weighted by atomic mass is 16.5. The Morgan fingerprint density at radius 1 is 1.30 bits per heavy atom. The summed E-state index contributed by atoms with van der Waals surface area (Å²) in [6, 6.07) is 6.90. The van der Waals surface area contributed by atoms with Gasteiger partial charge in [-0.05, 0) is 35.1 Å². The highest BCUT2D eigenvalue weighted by Gasteiger charge is 2.14. The van der Waals surface area contributed by atoms with Gasteiger partial charge in [0, 0.05) is 12.6 Å². The van der Waals surface area contributed by atoms with Gasteiger partial charge in [0.1, 0.15) is 12.4 Å². The molecule has 1 aromatic rings. The van der Waals surface area contributed by atoms with E-state index >= 15 is 0 Å². The molecule has 1 rings (SSSR count). The lowest BCUT2D eigenvalue weighted by molar-refractivity contribution is 0.344. The van der Waals surface area contributed by atoms with Crippen LogP contribution in [-0.4, -0.2) is 19.2 Å². The van der Waals surface area contributed by atoms with Crippen LogP contribution in [0, 0.1) is 6.92 Å². The van der Waals surface area contributed by atoms with Crippen molar-refractivity contribution >= 4 is 0 Å². The highest BCUT2D eigenvalue weighted by Crippen LogP contribution is 2.27. The summed E-state index contributed by atoms with van der Waals surface area (Å²) in [4.78, 5) is 0. The monoisotopic (exact) mass is 275 g/mol.